The topological polar surface area (TPSA) is 102 Å². The molecule has 0 fully saturated rings. The molecule has 0 saturated carbocycles. The minimum atomic E-state index is -1.27. The lowest BCUT2D eigenvalue weighted by atomic mass is 10.1. The van der Waals surface area contributed by atoms with Crippen LogP contribution in [0, 0.1) is 34.9 Å². The van der Waals surface area contributed by atoms with Gasteiger partial charge in [0, 0.05) is 16.7 Å². The van der Waals surface area contributed by atoms with Gasteiger partial charge in [0.05, 0.1) is 20.3 Å². The Labute approximate surface area is 304 Å². The second kappa shape index (κ2) is 14.6. The standard InChI is InChI=1S/C20H17BrF3N3O2.C15H9BrF3N3/c1-20(2,3)26(19(28)29)18-16(21)17(11-8-9-12(22)14(24)10-11)27(25-18)15-7-5-4-6-13(15)23;16-13-14(8-5-6-9(17)11(19)7-8)22(21-15(13)20)12-4-2-1-3-10(12)18/h4-10H,1-3H3,(H,28,29);1-7H,(H2,20,21). The smallest absolute Gasteiger partial charge is 0.413 e. The molecule has 6 rings (SSSR count). The maximum absolute atomic E-state index is 14.5. The molecule has 1 amide bonds. The van der Waals surface area contributed by atoms with E-state index in [0.29, 0.717) is 15.7 Å². The van der Waals surface area contributed by atoms with Gasteiger partial charge in [-0.05, 0) is 113 Å². The number of carboxylic acid groups (broad SMARTS) is 1. The van der Waals surface area contributed by atoms with Crippen LogP contribution in [0.25, 0.3) is 33.9 Å². The molecule has 2 aromatic heterocycles. The van der Waals surface area contributed by atoms with E-state index in [2.05, 4.69) is 42.1 Å². The molecule has 264 valence electrons. The van der Waals surface area contributed by atoms with Gasteiger partial charge in [-0.25, -0.2) is 40.5 Å². The van der Waals surface area contributed by atoms with Gasteiger partial charge >= 0.3 is 6.09 Å². The summed E-state index contributed by atoms with van der Waals surface area (Å²) in [4.78, 5) is 12.9. The van der Waals surface area contributed by atoms with Crippen molar-refractivity contribution in [2.24, 2.45) is 0 Å². The minimum absolute atomic E-state index is 0.00649. The van der Waals surface area contributed by atoms with Crippen LogP contribution in [0.2, 0.25) is 0 Å². The highest BCUT2D eigenvalue weighted by Crippen LogP contribution is 2.41. The highest BCUT2D eigenvalue weighted by molar-refractivity contribution is 9.11. The lowest BCUT2D eigenvalue weighted by molar-refractivity contribution is 0.195. The normalized spacial score (nSPS) is 11.3. The first-order chi connectivity index (χ1) is 24.0. The highest BCUT2D eigenvalue weighted by atomic mass is 79.9. The number of nitrogen functional groups attached to an aromatic ring is 1. The van der Waals surface area contributed by atoms with E-state index in [9.17, 15) is 36.2 Å². The fraction of sp³-hybridized carbons (Fsp3) is 0.114. The van der Waals surface area contributed by atoms with Gasteiger partial charge in [-0.15, -0.1) is 10.2 Å². The number of benzene rings is 4. The van der Waals surface area contributed by atoms with Crippen molar-refractivity contribution in [3.63, 3.8) is 0 Å². The fourth-order valence-electron chi connectivity index (χ4n) is 5.02. The quantitative estimate of drug-likeness (QED) is 0.168. The van der Waals surface area contributed by atoms with Gasteiger partial charge in [0.15, 0.2) is 34.9 Å². The van der Waals surface area contributed by atoms with E-state index >= 15 is 0 Å². The van der Waals surface area contributed by atoms with Crippen molar-refractivity contribution >= 4 is 49.6 Å². The summed E-state index contributed by atoms with van der Waals surface area (Å²) in [7, 11) is 0. The summed E-state index contributed by atoms with van der Waals surface area (Å²) in [6.07, 6.45) is -1.27. The first kappa shape index (κ1) is 37.2. The molecule has 2 heterocycles. The highest BCUT2D eigenvalue weighted by Gasteiger charge is 2.34. The van der Waals surface area contributed by atoms with Crippen molar-refractivity contribution in [2.75, 3.05) is 10.6 Å². The zero-order valence-electron chi connectivity index (χ0n) is 26.8. The molecule has 0 aliphatic carbocycles. The summed E-state index contributed by atoms with van der Waals surface area (Å²) in [5.41, 5.74) is 6.09. The Morgan fingerprint density at radius 1 is 0.667 bits per heavy atom. The zero-order valence-corrected chi connectivity index (χ0v) is 29.9. The number of hydrogen-bond donors (Lipinski definition) is 2. The molecule has 6 aromatic rings. The number of carbonyl (C=O) groups is 1. The van der Waals surface area contributed by atoms with Crippen molar-refractivity contribution in [3.8, 4) is 33.9 Å². The first-order valence-electron chi connectivity index (χ1n) is 14.8. The average Bonchev–Trinajstić information content (AvgIpc) is 3.54. The summed E-state index contributed by atoms with van der Waals surface area (Å²) in [6, 6.07) is 18.3. The third-order valence-electron chi connectivity index (χ3n) is 7.28. The zero-order chi connectivity index (χ0) is 37.4. The van der Waals surface area contributed by atoms with Crippen molar-refractivity contribution in [1.82, 2.24) is 19.6 Å². The van der Waals surface area contributed by atoms with Gasteiger partial charge < -0.3 is 10.8 Å². The summed E-state index contributed by atoms with van der Waals surface area (Å²) < 4.78 is 85.5. The summed E-state index contributed by atoms with van der Waals surface area (Å²) in [5, 5.41) is 18.1. The predicted molar refractivity (Wildman–Crippen MR) is 188 cm³/mol. The monoisotopic (exact) mass is 834 g/mol. The molecule has 0 radical (unpaired) electrons. The molecule has 3 N–H and O–H groups in total. The van der Waals surface area contributed by atoms with Gasteiger partial charge in [-0.1, -0.05) is 24.3 Å². The van der Waals surface area contributed by atoms with Gasteiger partial charge in [0.25, 0.3) is 0 Å². The van der Waals surface area contributed by atoms with Gasteiger partial charge in [-0.2, -0.15) is 0 Å². The Morgan fingerprint density at radius 3 is 1.51 bits per heavy atom. The van der Waals surface area contributed by atoms with Crippen molar-refractivity contribution in [3.05, 3.63) is 129 Å². The number of nitrogens with two attached hydrogens (primary N) is 1. The van der Waals surface area contributed by atoms with Crippen LogP contribution >= 0.6 is 31.9 Å². The number of halogens is 8. The average molecular weight is 836 g/mol. The number of para-hydroxylation sites is 2. The summed E-state index contributed by atoms with van der Waals surface area (Å²) in [6.45, 7) is 5.02. The predicted octanol–water partition coefficient (Wildman–Crippen LogP) is 10.3. The van der Waals surface area contributed by atoms with E-state index in [0.717, 1.165) is 29.2 Å². The Morgan fingerprint density at radius 2 is 1.10 bits per heavy atom. The number of hydrogen-bond acceptors (Lipinski definition) is 4. The van der Waals surface area contributed by atoms with Gasteiger partial charge in [0.2, 0.25) is 0 Å². The largest absolute Gasteiger partial charge is 0.465 e. The number of nitrogens with zero attached hydrogens (tertiary/aromatic N) is 5. The Balaban J connectivity index is 0.000000205. The summed E-state index contributed by atoms with van der Waals surface area (Å²) in [5.74, 6) is -5.13. The summed E-state index contributed by atoms with van der Waals surface area (Å²) >= 11 is 6.59. The molecule has 8 nitrogen and oxygen atoms in total. The molecule has 0 aliphatic heterocycles. The van der Waals surface area contributed by atoms with E-state index in [1.807, 2.05) is 0 Å². The van der Waals surface area contributed by atoms with E-state index < -0.39 is 46.5 Å². The van der Waals surface area contributed by atoms with Crippen LogP contribution in [-0.2, 0) is 0 Å². The number of aromatic nitrogens is 4. The molecular weight excluding hydrogens is 810 g/mol. The fourth-order valence-corrected chi connectivity index (χ4v) is 6.15. The third kappa shape index (κ3) is 7.51. The second-order valence-electron chi connectivity index (χ2n) is 11.8. The van der Waals surface area contributed by atoms with Crippen LogP contribution < -0.4 is 10.6 Å². The van der Waals surface area contributed by atoms with Crippen molar-refractivity contribution in [1.29, 1.82) is 0 Å². The minimum Gasteiger partial charge on any atom is -0.465 e. The third-order valence-corrected chi connectivity index (χ3v) is 8.80. The van der Waals surface area contributed by atoms with Crippen LogP contribution in [0.4, 0.5) is 42.8 Å². The molecule has 4 aromatic carbocycles. The molecular formula is C35H26Br2F6N6O2. The van der Waals surface area contributed by atoms with Crippen LogP contribution in [0.3, 0.4) is 0 Å². The number of anilines is 2. The second-order valence-corrected chi connectivity index (χ2v) is 13.4. The maximum atomic E-state index is 14.5. The number of rotatable bonds is 5. The van der Waals surface area contributed by atoms with Crippen LogP contribution in [0.1, 0.15) is 20.8 Å². The van der Waals surface area contributed by atoms with Gasteiger partial charge in [-0.3, -0.25) is 4.90 Å². The first-order valence-corrected chi connectivity index (χ1v) is 16.4. The molecule has 0 unspecified atom stereocenters. The molecule has 51 heavy (non-hydrogen) atoms. The van der Waals surface area contributed by atoms with Crippen LogP contribution in [-0.4, -0.2) is 36.3 Å². The Hall–Kier alpha value is -5.09. The van der Waals surface area contributed by atoms with Crippen LogP contribution in [0.5, 0.6) is 0 Å². The van der Waals surface area contributed by atoms with Crippen molar-refractivity contribution < 1.29 is 36.2 Å². The van der Waals surface area contributed by atoms with E-state index in [1.165, 1.54) is 57.9 Å². The van der Waals surface area contributed by atoms with E-state index in [-0.39, 0.29) is 38.7 Å². The molecule has 0 spiro atoms. The van der Waals surface area contributed by atoms with Crippen molar-refractivity contribution in [2.45, 2.75) is 26.3 Å². The molecule has 0 saturated heterocycles. The SMILES string of the molecule is CC(C)(C)N(C(=O)O)c1nn(-c2ccccc2F)c(-c2ccc(F)c(F)c2)c1Br.Nc1nn(-c2ccccc2F)c(-c2ccc(F)c(F)c2)c1Br. The Bertz CT molecular complexity index is 2270. The lowest BCUT2D eigenvalue weighted by Gasteiger charge is -2.31. The Kier molecular flexibility index (Phi) is 10.7. The van der Waals surface area contributed by atoms with E-state index in [4.69, 9.17) is 5.73 Å². The number of amides is 1. The molecule has 0 atom stereocenters. The molecule has 0 aliphatic rings. The van der Waals surface area contributed by atoms with Gasteiger partial charge in [0.1, 0.15) is 23.0 Å². The maximum Gasteiger partial charge on any atom is 0.413 e. The molecule has 0 bridgehead atoms. The lowest BCUT2D eigenvalue weighted by Crippen LogP contribution is -2.45. The van der Waals surface area contributed by atoms with Crippen LogP contribution in [0.15, 0.2) is 93.9 Å². The van der Waals surface area contributed by atoms with E-state index in [1.54, 1.807) is 32.9 Å². The molecule has 16 heteroatoms.